The van der Waals surface area contributed by atoms with Gasteiger partial charge in [-0.3, -0.25) is 4.98 Å². The van der Waals surface area contributed by atoms with Gasteiger partial charge in [0.2, 0.25) is 0 Å². The van der Waals surface area contributed by atoms with Gasteiger partial charge in [-0.2, -0.15) is 0 Å². The molecule has 2 rings (SSSR count). The highest BCUT2D eigenvalue weighted by molar-refractivity contribution is 9.08. The zero-order valence-corrected chi connectivity index (χ0v) is 11.1. The Kier molecular flexibility index (Phi) is 4.56. The first-order valence-electron chi connectivity index (χ1n) is 5.55. The van der Waals surface area contributed by atoms with Crippen molar-refractivity contribution in [2.24, 2.45) is 0 Å². The molecule has 0 unspecified atom stereocenters. The molecule has 0 radical (unpaired) electrons. The van der Waals surface area contributed by atoms with Crippen LogP contribution >= 0.6 is 15.9 Å². The molecule has 0 amide bonds. The Morgan fingerprint density at radius 3 is 2.59 bits per heavy atom. The van der Waals surface area contributed by atoms with Crippen molar-refractivity contribution in [1.29, 1.82) is 0 Å². The van der Waals surface area contributed by atoms with E-state index in [0.717, 1.165) is 17.5 Å². The zero-order valence-electron chi connectivity index (χ0n) is 9.47. The molecule has 88 valence electrons. The van der Waals surface area contributed by atoms with Crippen LogP contribution in [0, 0.1) is 0 Å². The number of hydrogen-bond acceptors (Lipinski definition) is 2. The number of alkyl halides is 1. The molecule has 3 heteroatoms. The van der Waals surface area contributed by atoms with Crippen LogP contribution in [0.2, 0.25) is 0 Å². The molecule has 1 aromatic heterocycles. The number of benzene rings is 1. The van der Waals surface area contributed by atoms with Crippen LogP contribution in [0.5, 0.6) is 5.75 Å². The minimum atomic E-state index is 0.689. The molecule has 17 heavy (non-hydrogen) atoms. The van der Waals surface area contributed by atoms with Crippen molar-refractivity contribution in [3.63, 3.8) is 0 Å². The quantitative estimate of drug-likeness (QED) is 0.786. The molecule has 0 atom stereocenters. The van der Waals surface area contributed by atoms with Gasteiger partial charge in [-0.1, -0.05) is 34.1 Å². The van der Waals surface area contributed by atoms with Gasteiger partial charge in [0.25, 0.3) is 0 Å². The zero-order chi connectivity index (χ0) is 11.9. The number of hydrogen-bond donors (Lipinski definition) is 0. The normalized spacial score (nSPS) is 10.2. The fourth-order valence-corrected chi connectivity index (χ4v) is 2.05. The summed E-state index contributed by atoms with van der Waals surface area (Å²) in [5, 5.41) is 0.818. The summed E-state index contributed by atoms with van der Waals surface area (Å²) < 4.78 is 5.78. The van der Waals surface area contributed by atoms with E-state index >= 15 is 0 Å². The number of ether oxygens (including phenoxy) is 1. The summed E-state index contributed by atoms with van der Waals surface area (Å²) in [6, 6.07) is 12.1. The lowest BCUT2D eigenvalue weighted by Crippen LogP contribution is -2.02. The average molecular weight is 292 g/mol. The summed E-state index contributed by atoms with van der Waals surface area (Å²) in [7, 11) is 0. The largest absolute Gasteiger partial charge is 0.493 e. The highest BCUT2D eigenvalue weighted by atomic mass is 79.9. The van der Waals surface area contributed by atoms with Gasteiger partial charge in [0, 0.05) is 29.7 Å². The Hall–Kier alpha value is -1.35. The molecule has 2 nitrogen and oxygen atoms in total. The molecule has 0 fully saturated rings. The van der Waals surface area contributed by atoms with Crippen LogP contribution in [-0.2, 0) is 11.8 Å². The van der Waals surface area contributed by atoms with E-state index in [1.165, 1.54) is 11.1 Å². The van der Waals surface area contributed by atoms with Crippen LogP contribution in [-0.4, -0.2) is 11.6 Å². The Labute approximate surface area is 110 Å². The van der Waals surface area contributed by atoms with E-state index in [2.05, 4.69) is 27.0 Å². The SMILES string of the molecule is BrCc1ccccc1OCCc1ccncc1. The van der Waals surface area contributed by atoms with Crippen molar-refractivity contribution < 1.29 is 4.74 Å². The Morgan fingerprint density at radius 2 is 1.82 bits per heavy atom. The second kappa shape index (κ2) is 6.40. The molecule has 0 saturated heterocycles. The highest BCUT2D eigenvalue weighted by Gasteiger charge is 2.01. The first kappa shape index (κ1) is 12.1. The average Bonchev–Trinajstić information content (AvgIpc) is 2.40. The van der Waals surface area contributed by atoms with Crippen LogP contribution in [0.15, 0.2) is 48.8 Å². The molecule has 1 heterocycles. The third-order valence-electron chi connectivity index (χ3n) is 2.51. The standard InChI is InChI=1S/C14H14BrNO/c15-11-13-3-1-2-4-14(13)17-10-7-12-5-8-16-9-6-12/h1-6,8-9H,7,10-11H2. The van der Waals surface area contributed by atoms with Crippen LogP contribution in [0.1, 0.15) is 11.1 Å². The van der Waals surface area contributed by atoms with E-state index in [-0.39, 0.29) is 0 Å². The first-order chi connectivity index (χ1) is 8.40. The summed E-state index contributed by atoms with van der Waals surface area (Å²) in [6.45, 7) is 0.689. The van der Waals surface area contributed by atoms with Gasteiger partial charge in [-0.25, -0.2) is 0 Å². The fourth-order valence-electron chi connectivity index (χ4n) is 1.58. The van der Waals surface area contributed by atoms with Gasteiger partial charge in [0.1, 0.15) is 5.75 Å². The number of nitrogens with zero attached hydrogens (tertiary/aromatic N) is 1. The molecule has 0 saturated carbocycles. The van der Waals surface area contributed by atoms with Crippen LogP contribution in [0.3, 0.4) is 0 Å². The van der Waals surface area contributed by atoms with Crippen molar-refractivity contribution in [1.82, 2.24) is 4.98 Å². The van der Waals surface area contributed by atoms with E-state index in [1.807, 2.05) is 42.7 Å². The minimum absolute atomic E-state index is 0.689. The minimum Gasteiger partial charge on any atom is -0.493 e. The first-order valence-corrected chi connectivity index (χ1v) is 6.68. The predicted octanol–water partition coefficient (Wildman–Crippen LogP) is 3.60. The lowest BCUT2D eigenvalue weighted by molar-refractivity contribution is 0.319. The monoisotopic (exact) mass is 291 g/mol. The Balaban J connectivity index is 1.90. The molecule has 2 aromatic rings. The molecule has 1 aromatic carbocycles. The molecule has 0 aliphatic carbocycles. The summed E-state index contributed by atoms with van der Waals surface area (Å²) in [5.74, 6) is 0.957. The van der Waals surface area contributed by atoms with Gasteiger partial charge in [-0.15, -0.1) is 0 Å². The number of pyridine rings is 1. The Bertz CT molecular complexity index is 459. The molecule has 0 bridgehead atoms. The van der Waals surface area contributed by atoms with E-state index in [1.54, 1.807) is 0 Å². The van der Waals surface area contributed by atoms with Gasteiger partial charge in [-0.05, 0) is 23.8 Å². The molecular formula is C14H14BrNO. The summed E-state index contributed by atoms with van der Waals surface area (Å²) in [6.07, 6.45) is 4.52. The van der Waals surface area contributed by atoms with Gasteiger partial charge < -0.3 is 4.74 Å². The predicted molar refractivity (Wildman–Crippen MR) is 72.5 cm³/mol. The molecule has 0 N–H and O–H groups in total. The van der Waals surface area contributed by atoms with Gasteiger partial charge in [0.15, 0.2) is 0 Å². The summed E-state index contributed by atoms with van der Waals surface area (Å²) >= 11 is 3.46. The summed E-state index contributed by atoms with van der Waals surface area (Å²) in [4.78, 5) is 3.99. The van der Waals surface area contributed by atoms with Crippen LogP contribution in [0.4, 0.5) is 0 Å². The number of para-hydroxylation sites is 1. The van der Waals surface area contributed by atoms with Crippen molar-refractivity contribution in [2.75, 3.05) is 6.61 Å². The second-order valence-corrected chi connectivity index (χ2v) is 4.26. The maximum Gasteiger partial charge on any atom is 0.123 e. The van der Waals surface area contributed by atoms with Crippen molar-refractivity contribution in [3.05, 3.63) is 59.9 Å². The molecular weight excluding hydrogens is 278 g/mol. The lowest BCUT2D eigenvalue weighted by atomic mass is 10.2. The maximum absolute atomic E-state index is 5.78. The van der Waals surface area contributed by atoms with Crippen LogP contribution in [0.25, 0.3) is 0 Å². The molecule has 0 spiro atoms. The van der Waals surface area contributed by atoms with E-state index in [0.29, 0.717) is 6.61 Å². The van der Waals surface area contributed by atoms with Crippen LogP contribution < -0.4 is 4.74 Å². The third-order valence-corrected chi connectivity index (χ3v) is 3.12. The molecule has 0 aliphatic rings. The van der Waals surface area contributed by atoms with E-state index in [9.17, 15) is 0 Å². The van der Waals surface area contributed by atoms with E-state index in [4.69, 9.17) is 4.74 Å². The topological polar surface area (TPSA) is 22.1 Å². The maximum atomic E-state index is 5.78. The highest BCUT2D eigenvalue weighted by Crippen LogP contribution is 2.20. The van der Waals surface area contributed by atoms with Gasteiger partial charge in [0.05, 0.1) is 6.61 Å². The second-order valence-electron chi connectivity index (χ2n) is 3.70. The Morgan fingerprint density at radius 1 is 1.06 bits per heavy atom. The smallest absolute Gasteiger partial charge is 0.123 e. The van der Waals surface area contributed by atoms with Gasteiger partial charge >= 0.3 is 0 Å². The summed E-state index contributed by atoms with van der Waals surface area (Å²) in [5.41, 5.74) is 2.43. The van der Waals surface area contributed by atoms with E-state index < -0.39 is 0 Å². The lowest BCUT2D eigenvalue weighted by Gasteiger charge is -2.09. The third kappa shape index (κ3) is 3.56. The van der Waals surface area contributed by atoms with Crippen molar-refractivity contribution in [2.45, 2.75) is 11.8 Å². The van der Waals surface area contributed by atoms with Crippen molar-refractivity contribution >= 4 is 15.9 Å². The van der Waals surface area contributed by atoms with Crippen molar-refractivity contribution in [3.8, 4) is 5.75 Å². The fraction of sp³-hybridized carbons (Fsp3) is 0.214. The molecule has 0 aliphatic heterocycles. The number of rotatable bonds is 5. The number of halogens is 1. The number of aromatic nitrogens is 1.